The summed E-state index contributed by atoms with van der Waals surface area (Å²) in [7, 11) is 1.42. The predicted molar refractivity (Wildman–Crippen MR) is 60.2 cm³/mol. The van der Waals surface area contributed by atoms with Crippen LogP contribution in [-0.2, 0) is 11.2 Å². The van der Waals surface area contributed by atoms with E-state index >= 15 is 0 Å². The quantitative estimate of drug-likeness (QED) is 0.853. The van der Waals surface area contributed by atoms with Crippen molar-refractivity contribution in [3.63, 3.8) is 0 Å². The fourth-order valence-electron chi connectivity index (χ4n) is 1.32. The van der Waals surface area contributed by atoms with E-state index in [9.17, 15) is 9.90 Å². The molecule has 16 heavy (non-hydrogen) atoms. The number of aromatic hydroxyl groups is 1. The maximum atomic E-state index is 10.7. The molecule has 4 nitrogen and oxygen atoms in total. The van der Waals surface area contributed by atoms with Crippen molar-refractivity contribution in [1.29, 1.82) is 0 Å². The normalized spacial score (nSPS) is 12.2. The molecule has 0 aliphatic heterocycles. The van der Waals surface area contributed by atoms with E-state index in [1.54, 1.807) is 13.0 Å². The van der Waals surface area contributed by atoms with Crippen LogP contribution in [0.15, 0.2) is 12.1 Å². The Bertz CT molecular complexity index is 403. The van der Waals surface area contributed by atoms with Gasteiger partial charge in [0.1, 0.15) is 0 Å². The van der Waals surface area contributed by atoms with Gasteiger partial charge in [-0.15, -0.1) is 0 Å². The fraction of sp³-hybridized carbons (Fsp3) is 0.364. The third-order valence-corrected chi connectivity index (χ3v) is 2.65. The summed E-state index contributed by atoms with van der Waals surface area (Å²) < 4.78 is 4.93. The first-order chi connectivity index (χ1) is 7.45. The number of rotatable bonds is 4. The molecule has 1 unspecified atom stereocenters. The Hall–Kier alpha value is -1.42. The highest BCUT2D eigenvalue weighted by molar-refractivity contribution is 6.31. The van der Waals surface area contributed by atoms with Gasteiger partial charge in [-0.2, -0.15) is 0 Å². The van der Waals surface area contributed by atoms with Gasteiger partial charge in [0.15, 0.2) is 11.5 Å². The zero-order valence-corrected chi connectivity index (χ0v) is 9.78. The van der Waals surface area contributed by atoms with Crippen LogP contribution in [0.2, 0.25) is 5.02 Å². The Morgan fingerprint density at radius 3 is 2.69 bits per heavy atom. The van der Waals surface area contributed by atoms with Crippen LogP contribution in [-0.4, -0.2) is 23.3 Å². The van der Waals surface area contributed by atoms with Crippen molar-refractivity contribution >= 4 is 17.6 Å². The van der Waals surface area contributed by atoms with Gasteiger partial charge in [-0.05, 0) is 18.1 Å². The van der Waals surface area contributed by atoms with E-state index in [1.807, 2.05) is 0 Å². The molecule has 1 aromatic carbocycles. The molecular weight excluding hydrogens is 232 g/mol. The van der Waals surface area contributed by atoms with Gasteiger partial charge < -0.3 is 14.9 Å². The summed E-state index contributed by atoms with van der Waals surface area (Å²) in [4.78, 5) is 10.7. The number of benzene rings is 1. The second-order valence-corrected chi connectivity index (χ2v) is 3.97. The summed E-state index contributed by atoms with van der Waals surface area (Å²) in [5.74, 6) is -1.19. The van der Waals surface area contributed by atoms with Gasteiger partial charge in [-0.25, -0.2) is 0 Å². The molecule has 0 amide bonds. The van der Waals surface area contributed by atoms with Crippen LogP contribution in [0.1, 0.15) is 12.5 Å². The number of aliphatic carboxylic acids is 1. The number of hydrogen-bond donors (Lipinski definition) is 2. The number of phenolic OH excluding ortho intramolecular Hbond substituents is 1. The summed E-state index contributed by atoms with van der Waals surface area (Å²) in [6.45, 7) is 1.60. The van der Waals surface area contributed by atoms with Crippen molar-refractivity contribution in [2.75, 3.05) is 7.11 Å². The molecular formula is C11H13ClO4. The highest BCUT2D eigenvalue weighted by atomic mass is 35.5. The topological polar surface area (TPSA) is 66.8 Å². The highest BCUT2D eigenvalue weighted by Crippen LogP contribution is 2.33. The van der Waals surface area contributed by atoms with E-state index in [-0.39, 0.29) is 11.5 Å². The zero-order chi connectivity index (χ0) is 12.3. The Balaban J connectivity index is 3.00. The molecule has 1 rings (SSSR count). The first kappa shape index (κ1) is 12.6. The SMILES string of the molecule is COc1cc(CC(C)C(=O)O)c(Cl)cc1O. The molecule has 0 aliphatic rings. The van der Waals surface area contributed by atoms with Crippen LogP contribution in [0.3, 0.4) is 0 Å². The van der Waals surface area contributed by atoms with Gasteiger partial charge >= 0.3 is 5.97 Å². The fourth-order valence-corrected chi connectivity index (χ4v) is 1.56. The molecule has 88 valence electrons. The number of carbonyl (C=O) groups is 1. The Morgan fingerprint density at radius 1 is 1.56 bits per heavy atom. The summed E-state index contributed by atoms with van der Waals surface area (Å²) in [5.41, 5.74) is 0.645. The summed E-state index contributed by atoms with van der Waals surface area (Å²) >= 11 is 5.90. The summed E-state index contributed by atoms with van der Waals surface area (Å²) in [6, 6.07) is 2.90. The van der Waals surface area contributed by atoms with Crippen LogP contribution < -0.4 is 4.74 Å². The number of carboxylic acid groups (broad SMARTS) is 1. The molecule has 0 radical (unpaired) electrons. The number of phenols is 1. The molecule has 0 aromatic heterocycles. The number of halogens is 1. The van der Waals surface area contributed by atoms with Gasteiger partial charge in [0.2, 0.25) is 0 Å². The lowest BCUT2D eigenvalue weighted by molar-refractivity contribution is -0.141. The van der Waals surface area contributed by atoms with Gasteiger partial charge in [0, 0.05) is 11.1 Å². The molecule has 0 aliphatic carbocycles. The van der Waals surface area contributed by atoms with Crippen LogP contribution in [0.5, 0.6) is 11.5 Å². The highest BCUT2D eigenvalue weighted by Gasteiger charge is 2.15. The Kier molecular flexibility index (Phi) is 4.01. The third kappa shape index (κ3) is 2.79. The molecule has 1 aromatic rings. The van der Waals surface area contributed by atoms with Crippen LogP contribution >= 0.6 is 11.6 Å². The molecule has 0 saturated carbocycles. The number of carboxylic acids is 1. The Morgan fingerprint density at radius 2 is 2.19 bits per heavy atom. The number of methoxy groups -OCH3 is 1. The van der Waals surface area contributed by atoms with Gasteiger partial charge in [-0.1, -0.05) is 18.5 Å². The average Bonchev–Trinajstić information content (AvgIpc) is 2.21. The van der Waals surface area contributed by atoms with Crippen LogP contribution in [0.25, 0.3) is 0 Å². The maximum Gasteiger partial charge on any atom is 0.306 e. The van der Waals surface area contributed by atoms with E-state index in [0.29, 0.717) is 17.0 Å². The smallest absolute Gasteiger partial charge is 0.306 e. The van der Waals surface area contributed by atoms with E-state index in [2.05, 4.69) is 0 Å². The standard InChI is InChI=1S/C11H13ClO4/c1-6(11(14)15)3-7-4-10(16-2)9(13)5-8(7)12/h4-6,13H,3H2,1-2H3,(H,14,15). The summed E-state index contributed by atoms with van der Waals surface area (Å²) in [6.07, 6.45) is 0.296. The minimum Gasteiger partial charge on any atom is -0.504 e. The van der Waals surface area contributed by atoms with Crippen molar-refractivity contribution in [3.05, 3.63) is 22.7 Å². The number of ether oxygens (including phenoxy) is 1. The second kappa shape index (κ2) is 5.07. The first-order valence-electron chi connectivity index (χ1n) is 4.74. The van der Waals surface area contributed by atoms with Crippen molar-refractivity contribution in [3.8, 4) is 11.5 Å². The van der Waals surface area contributed by atoms with E-state index < -0.39 is 11.9 Å². The predicted octanol–water partition coefficient (Wildman–Crippen LogP) is 2.32. The molecule has 0 spiro atoms. The maximum absolute atomic E-state index is 10.7. The summed E-state index contributed by atoms with van der Waals surface area (Å²) in [5, 5.41) is 18.6. The molecule has 0 fully saturated rings. The minimum absolute atomic E-state index is 0.0563. The first-order valence-corrected chi connectivity index (χ1v) is 5.11. The molecule has 2 N–H and O–H groups in total. The van der Waals surface area contributed by atoms with Crippen molar-refractivity contribution in [2.24, 2.45) is 5.92 Å². The van der Waals surface area contributed by atoms with Gasteiger partial charge in [0.25, 0.3) is 0 Å². The lowest BCUT2D eigenvalue weighted by atomic mass is 10.0. The van der Waals surface area contributed by atoms with Gasteiger partial charge in [-0.3, -0.25) is 4.79 Å². The van der Waals surface area contributed by atoms with E-state index in [1.165, 1.54) is 13.2 Å². The Labute approximate surface area is 98.4 Å². The van der Waals surface area contributed by atoms with Gasteiger partial charge in [0.05, 0.1) is 13.0 Å². The lowest BCUT2D eigenvalue weighted by Gasteiger charge is -2.11. The van der Waals surface area contributed by atoms with Crippen molar-refractivity contribution in [1.82, 2.24) is 0 Å². The molecule has 5 heteroatoms. The minimum atomic E-state index is -0.886. The van der Waals surface area contributed by atoms with Crippen molar-refractivity contribution in [2.45, 2.75) is 13.3 Å². The van der Waals surface area contributed by atoms with E-state index in [4.69, 9.17) is 21.4 Å². The molecule has 0 heterocycles. The molecule has 0 bridgehead atoms. The van der Waals surface area contributed by atoms with Crippen LogP contribution in [0, 0.1) is 5.92 Å². The second-order valence-electron chi connectivity index (χ2n) is 3.56. The van der Waals surface area contributed by atoms with Crippen LogP contribution in [0.4, 0.5) is 0 Å². The van der Waals surface area contributed by atoms with E-state index in [0.717, 1.165) is 0 Å². The van der Waals surface area contributed by atoms with Crippen molar-refractivity contribution < 1.29 is 19.7 Å². The largest absolute Gasteiger partial charge is 0.504 e. The number of hydrogen-bond acceptors (Lipinski definition) is 3. The third-order valence-electron chi connectivity index (χ3n) is 2.30. The lowest BCUT2D eigenvalue weighted by Crippen LogP contribution is -2.12. The molecule has 1 atom stereocenters. The molecule has 0 saturated heterocycles. The monoisotopic (exact) mass is 244 g/mol. The zero-order valence-electron chi connectivity index (χ0n) is 9.03. The average molecular weight is 245 g/mol.